The number of carbonyl (C=O) groups excluding carboxylic acids is 1. The van der Waals surface area contributed by atoms with Crippen LogP contribution in [-0.4, -0.2) is 28.3 Å². The van der Waals surface area contributed by atoms with E-state index in [9.17, 15) is 23.7 Å². The molecular formula is C14H16F2N2O3. The van der Waals surface area contributed by atoms with Crippen LogP contribution in [-0.2, 0) is 0 Å². The Hall–Kier alpha value is -2.05. The van der Waals surface area contributed by atoms with Crippen LogP contribution in [0.25, 0.3) is 0 Å². The fraction of sp³-hybridized carbons (Fsp3) is 0.500. The molecule has 0 aromatic heterocycles. The van der Waals surface area contributed by atoms with E-state index >= 15 is 0 Å². The van der Waals surface area contributed by atoms with Crippen molar-refractivity contribution in [1.29, 1.82) is 0 Å². The van der Waals surface area contributed by atoms with Gasteiger partial charge in [-0.15, -0.1) is 0 Å². The number of likely N-dealkylation sites (tertiary alicyclic amines) is 1. The molecule has 0 N–H and O–H groups in total. The number of halogens is 2. The van der Waals surface area contributed by atoms with E-state index < -0.39 is 33.7 Å². The largest absolute Gasteiger partial charge is 0.335 e. The normalized spacial score (nSPS) is 18.3. The molecule has 1 unspecified atom stereocenters. The first-order valence-corrected chi connectivity index (χ1v) is 6.77. The molecule has 0 aliphatic carbocycles. The first-order valence-electron chi connectivity index (χ1n) is 6.77. The molecule has 7 heteroatoms. The Labute approximate surface area is 120 Å². The van der Waals surface area contributed by atoms with Crippen LogP contribution in [0.15, 0.2) is 12.1 Å². The Morgan fingerprint density at radius 3 is 2.57 bits per heavy atom. The maximum atomic E-state index is 13.4. The Balaban J connectivity index is 2.43. The van der Waals surface area contributed by atoms with Gasteiger partial charge in [0.2, 0.25) is 0 Å². The van der Waals surface area contributed by atoms with Crippen LogP contribution in [0.1, 0.15) is 37.0 Å². The third-order valence-electron chi connectivity index (χ3n) is 3.80. The lowest BCUT2D eigenvalue weighted by molar-refractivity contribution is -0.385. The van der Waals surface area contributed by atoms with Crippen molar-refractivity contribution in [2.24, 2.45) is 5.92 Å². The maximum Gasteiger partial charge on any atom is 0.285 e. The average Bonchev–Trinajstić information content (AvgIpc) is 2.89. The summed E-state index contributed by atoms with van der Waals surface area (Å²) in [4.78, 5) is 24.1. The summed E-state index contributed by atoms with van der Waals surface area (Å²) >= 11 is 0. The molecule has 114 valence electrons. The Bertz CT molecular complexity index is 590. The zero-order chi connectivity index (χ0) is 15.7. The van der Waals surface area contributed by atoms with E-state index in [2.05, 4.69) is 0 Å². The number of hydrogen-bond acceptors (Lipinski definition) is 3. The quantitative estimate of drug-likeness (QED) is 0.636. The van der Waals surface area contributed by atoms with Gasteiger partial charge in [0.05, 0.1) is 11.0 Å². The zero-order valence-corrected chi connectivity index (χ0v) is 11.8. The van der Waals surface area contributed by atoms with Crippen LogP contribution in [0.3, 0.4) is 0 Å². The van der Waals surface area contributed by atoms with Crippen LogP contribution in [0.2, 0.25) is 0 Å². The van der Waals surface area contributed by atoms with Crippen molar-refractivity contribution in [2.45, 2.75) is 32.7 Å². The lowest BCUT2D eigenvalue weighted by Crippen LogP contribution is -2.38. The number of hydrogen-bond donors (Lipinski definition) is 0. The maximum absolute atomic E-state index is 13.4. The SMILES string of the molecule is CC(C)C1CCCN1C(=O)c1cc(F)c(F)cc1[N+](=O)[O-]. The highest BCUT2D eigenvalue weighted by Crippen LogP contribution is 2.29. The summed E-state index contributed by atoms with van der Waals surface area (Å²) in [6.45, 7) is 4.38. The van der Waals surface area contributed by atoms with Gasteiger partial charge >= 0.3 is 0 Å². The molecular weight excluding hydrogens is 282 g/mol. The van der Waals surface area contributed by atoms with Crippen LogP contribution in [0, 0.1) is 27.7 Å². The molecule has 1 aliphatic rings. The molecule has 21 heavy (non-hydrogen) atoms. The second-order valence-electron chi connectivity index (χ2n) is 5.49. The summed E-state index contributed by atoms with van der Waals surface area (Å²) in [6, 6.07) is 1.04. The number of carbonyl (C=O) groups is 1. The third-order valence-corrected chi connectivity index (χ3v) is 3.80. The van der Waals surface area contributed by atoms with Crippen molar-refractivity contribution in [1.82, 2.24) is 4.90 Å². The lowest BCUT2D eigenvalue weighted by atomic mass is 10.0. The van der Waals surface area contributed by atoms with Crippen molar-refractivity contribution < 1.29 is 18.5 Å². The highest BCUT2D eigenvalue weighted by molar-refractivity contribution is 5.98. The Morgan fingerprint density at radius 2 is 2.00 bits per heavy atom. The molecule has 1 amide bonds. The standard InChI is InChI=1S/C14H16F2N2O3/c1-8(2)12-4-3-5-17(12)14(19)9-6-10(15)11(16)7-13(9)18(20)21/h6-8,12H,3-5H2,1-2H3. The number of rotatable bonds is 3. The van der Waals surface area contributed by atoms with Gasteiger partial charge in [-0.3, -0.25) is 14.9 Å². The topological polar surface area (TPSA) is 63.5 Å². The van der Waals surface area contributed by atoms with E-state index in [0.29, 0.717) is 18.7 Å². The van der Waals surface area contributed by atoms with E-state index in [0.717, 1.165) is 12.8 Å². The predicted molar refractivity (Wildman–Crippen MR) is 71.9 cm³/mol. The van der Waals surface area contributed by atoms with Gasteiger partial charge in [0.15, 0.2) is 11.6 Å². The zero-order valence-electron chi connectivity index (χ0n) is 11.8. The number of amides is 1. The number of nitrogens with zero attached hydrogens (tertiary/aromatic N) is 2. The first kappa shape index (κ1) is 15.3. The average molecular weight is 298 g/mol. The second-order valence-corrected chi connectivity index (χ2v) is 5.49. The van der Waals surface area contributed by atoms with Gasteiger partial charge in [-0.1, -0.05) is 13.8 Å². The molecule has 5 nitrogen and oxygen atoms in total. The van der Waals surface area contributed by atoms with Crippen molar-refractivity contribution >= 4 is 11.6 Å². The molecule has 1 heterocycles. The summed E-state index contributed by atoms with van der Waals surface area (Å²) in [5, 5.41) is 11.0. The van der Waals surface area contributed by atoms with Gasteiger partial charge in [-0.25, -0.2) is 8.78 Å². The van der Waals surface area contributed by atoms with E-state index in [1.54, 1.807) is 0 Å². The molecule has 0 spiro atoms. The molecule has 1 saturated heterocycles. The van der Waals surface area contributed by atoms with Gasteiger partial charge < -0.3 is 4.90 Å². The number of benzene rings is 1. The summed E-state index contributed by atoms with van der Waals surface area (Å²) in [7, 11) is 0. The van der Waals surface area contributed by atoms with Crippen LogP contribution in [0.5, 0.6) is 0 Å². The fourth-order valence-corrected chi connectivity index (χ4v) is 2.75. The van der Waals surface area contributed by atoms with E-state index in [1.165, 1.54) is 4.90 Å². The van der Waals surface area contributed by atoms with Gasteiger partial charge in [0.1, 0.15) is 5.56 Å². The highest BCUT2D eigenvalue weighted by atomic mass is 19.2. The van der Waals surface area contributed by atoms with Gasteiger partial charge in [0, 0.05) is 12.6 Å². The van der Waals surface area contributed by atoms with Crippen molar-refractivity contribution in [3.63, 3.8) is 0 Å². The minimum absolute atomic E-state index is 0.0368. The molecule has 2 rings (SSSR count). The Morgan fingerprint density at radius 1 is 1.38 bits per heavy atom. The van der Waals surface area contributed by atoms with Crippen molar-refractivity contribution in [2.75, 3.05) is 6.54 Å². The van der Waals surface area contributed by atoms with E-state index in [1.807, 2.05) is 13.8 Å². The predicted octanol–water partition coefficient (Wildman–Crippen LogP) is 3.13. The fourth-order valence-electron chi connectivity index (χ4n) is 2.75. The first-order chi connectivity index (χ1) is 9.82. The summed E-state index contributed by atoms with van der Waals surface area (Å²) in [6.07, 6.45) is 1.60. The molecule has 0 radical (unpaired) electrons. The number of nitro groups is 1. The summed E-state index contributed by atoms with van der Waals surface area (Å²) in [5.41, 5.74) is -1.10. The summed E-state index contributed by atoms with van der Waals surface area (Å²) in [5.74, 6) is -3.01. The molecule has 0 bridgehead atoms. The second kappa shape index (κ2) is 5.75. The van der Waals surface area contributed by atoms with Crippen molar-refractivity contribution in [3.8, 4) is 0 Å². The van der Waals surface area contributed by atoms with Gasteiger partial charge in [0.25, 0.3) is 11.6 Å². The minimum Gasteiger partial charge on any atom is -0.335 e. The molecule has 0 saturated carbocycles. The molecule has 1 aromatic carbocycles. The Kier molecular flexibility index (Phi) is 4.20. The van der Waals surface area contributed by atoms with Crippen molar-refractivity contribution in [3.05, 3.63) is 39.4 Å². The van der Waals surface area contributed by atoms with Crippen LogP contribution < -0.4 is 0 Å². The van der Waals surface area contributed by atoms with Crippen LogP contribution >= 0.6 is 0 Å². The minimum atomic E-state index is -1.33. The van der Waals surface area contributed by atoms with E-state index in [4.69, 9.17) is 0 Å². The van der Waals surface area contributed by atoms with Gasteiger partial charge in [-0.05, 0) is 24.8 Å². The molecule has 1 aliphatic heterocycles. The third kappa shape index (κ3) is 2.86. The van der Waals surface area contributed by atoms with Crippen LogP contribution in [0.4, 0.5) is 14.5 Å². The molecule has 1 atom stereocenters. The monoisotopic (exact) mass is 298 g/mol. The molecule has 1 fully saturated rings. The van der Waals surface area contributed by atoms with E-state index in [-0.39, 0.29) is 12.0 Å². The van der Waals surface area contributed by atoms with Gasteiger partial charge in [-0.2, -0.15) is 0 Å². The smallest absolute Gasteiger partial charge is 0.285 e. The molecule has 1 aromatic rings. The lowest BCUT2D eigenvalue weighted by Gasteiger charge is -2.27. The number of nitro benzene ring substituents is 1. The summed E-state index contributed by atoms with van der Waals surface area (Å²) < 4.78 is 26.5. The highest BCUT2D eigenvalue weighted by Gasteiger charge is 2.35.